The first-order valence-corrected chi connectivity index (χ1v) is 6.32. The van der Waals surface area contributed by atoms with Crippen LogP contribution >= 0.6 is 0 Å². The smallest absolute Gasteiger partial charge is 0.358 e. The largest absolute Gasteiger partial charge is 0.476 e. The van der Waals surface area contributed by atoms with Gasteiger partial charge in [0.15, 0.2) is 5.69 Å². The summed E-state index contributed by atoms with van der Waals surface area (Å²) in [6, 6.07) is 0. The van der Waals surface area contributed by atoms with Gasteiger partial charge >= 0.3 is 5.97 Å². The third kappa shape index (κ3) is 1.64. The van der Waals surface area contributed by atoms with Crippen LogP contribution < -0.4 is 0 Å². The number of aromatic nitrogens is 3. The second-order valence-corrected chi connectivity index (χ2v) is 5.78. The second kappa shape index (κ2) is 3.87. The maximum Gasteiger partial charge on any atom is 0.358 e. The van der Waals surface area contributed by atoms with Gasteiger partial charge in [-0.2, -0.15) is 0 Å². The number of hydrogen-bond acceptors (Lipinski definition) is 5. The van der Waals surface area contributed by atoms with Gasteiger partial charge in [-0.15, -0.1) is 5.10 Å². The molecule has 1 saturated carbocycles. The van der Waals surface area contributed by atoms with E-state index in [2.05, 4.69) is 10.3 Å². The summed E-state index contributed by atoms with van der Waals surface area (Å²) in [4.78, 5) is 36.1. The van der Waals surface area contributed by atoms with Crippen molar-refractivity contribution in [3.63, 3.8) is 0 Å². The molecule has 0 radical (unpaired) electrons. The molecule has 1 aromatic rings. The molecule has 0 bridgehead atoms. The lowest BCUT2D eigenvalue weighted by Gasteiger charge is -2.20. The first kappa shape index (κ1) is 12.8. The molecule has 2 aliphatic rings. The first-order valence-electron chi connectivity index (χ1n) is 6.32. The highest BCUT2D eigenvalue weighted by Gasteiger charge is 2.72. The van der Waals surface area contributed by atoms with Crippen molar-refractivity contribution in [2.75, 3.05) is 6.54 Å². The average Bonchev–Trinajstić information content (AvgIpc) is 2.71. The van der Waals surface area contributed by atoms with Gasteiger partial charge in [0.1, 0.15) is 0 Å². The fourth-order valence-electron chi connectivity index (χ4n) is 2.93. The van der Waals surface area contributed by atoms with Crippen LogP contribution in [0.25, 0.3) is 0 Å². The summed E-state index contributed by atoms with van der Waals surface area (Å²) in [6.45, 7) is 4.29. The van der Waals surface area contributed by atoms with Gasteiger partial charge in [-0.1, -0.05) is 19.1 Å². The molecule has 0 spiro atoms. The van der Waals surface area contributed by atoms with Crippen LogP contribution in [0.15, 0.2) is 6.20 Å². The number of aromatic carboxylic acids is 1. The van der Waals surface area contributed by atoms with Crippen LogP contribution in [0.3, 0.4) is 0 Å². The molecule has 1 aliphatic heterocycles. The summed E-state index contributed by atoms with van der Waals surface area (Å²) in [6.07, 6.45) is 1.28. The minimum atomic E-state index is -1.16. The van der Waals surface area contributed by atoms with Crippen LogP contribution in [0.5, 0.6) is 0 Å². The molecule has 8 heteroatoms. The number of imide groups is 1. The Morgan fingerprint density at radius 3 is 2.40 bits per heavy atom. The van der Waals surface area contributed by atoms with Crippen molar-refractivity contribution in [1.29, 1.82) is 0 Å². The Hall–Kier alpha value is -2.25. The monoisotopic (exact) mass is 278 g/mol. The third-order valence-electron chi connectivity index (χ3n) is 4.20. The fraction of sp³-hybridized carbons (Fsp3) is 0.583. The van der Waals surface area contributed by atoms with E-state index in [-0.39, 0.29) is 47.8 Å². The number of carbonyl (C=O) groups excluding carboxylic acids is 2. The number of likely N-dealkylation sites (tertiary alicyclic amines) is 1. The zero-order valence-corrected chi connectivity index (χ0v) is 11.1. The predicted octanol–water partition coefficient (Wildman–Crippen LogP) is -0.383. The van der Waals surface area contributed by atoms with E-state index in [1.807, 2.05) is 13.8 Å². The van der Waals surface area contributed by atoms with E-state index in [4.69, 9.17) is 5.11 Å². The Morgan fingerprint density at radius 2 is 1.90 bits per heavy atom. The molecule has 1 aliphatic carbocycles. The van der Waals surface area contributed by atoms with Crippen molar-refractivity contribution in [2.24, 2.45) is 17.3 Å². The summed E-state index contributed by atoms with van der Waals surface area (Å²) in [7, 11) is 0. The average molecular weight is 278 g/mol. The van der Waals surface area contributed by atoms with Gasteiger partial charge in [-0.3, -0.25) is 14.5 Å². The lowest BCUT2D eigenvalue weighted by Crippen LogP contribution is -2.38. The number of fused-ring (bicyclic) bond motifs is 1. The number of amides is 2. The summed E-state index contributed by atoms with van der Waals surface area (Å²) in [5.41, 5.74) is -0.373. The molecule has 1 aromatic heterocycles. The van der Waals surface area contributed by atoms with Crippen molar-refractivity contribution >= 4 is 17.8 Å². The molecular weight excluding hydrogens is 264 g/mol. The Bertz CT molecular complexity index is 597. The number of rotatable bonds is 4. The molecule has 2 atom stereocenters. The normalized spacial score (nSPS) is 26.8. The summed E-state index contributed by atoms with van der Waals surface area (Å²) >= 11 is 0. The van der Waals surface area contributed by atoms with Gasteiger partial charge in [-0.25, -0.2) is 9.48 Å². The molecule has 2 unspecified atom stereocenters. The Kier molecular flexibility index (Phi) is 2.47. The van der Waals surface area contributed by atoms with E-state index in [0.717, 1.165) is 0 Å². The summed E-state index contributed by atoms with van der Waals surface area (Å²) in [5, 5.41) is 15.8. The van der Waals surface area contributed by atoms with Crippen LogP contribution in [0.1, 0.15) is 24.3 Å². The zero-order chi connectivity index (χ0) is 14.7. The molecular formula is C12H14N4O4. The first-order chi connectivity index (χ1) is 9.34. The van der Waals surface area contributed by atoms with E-state index in [1.54, 1.807) is 0 Å². The number of hydrogen-bond donors (Lipinski definition) is 1. The van der Waals surface area contributed by atoms with Gasteiger partial charge in [0, 0.05) is 6.54 Å². The highest BCUT2D eigenvalue weighted by Crippen LogP contribution is 2.63. The van der Waals surface area contributed by atoms with E-state index in [1.165, 1.54) is 15.8 Å². The molecule has 2 fully saturated rings. The number of piperidine rings is 1. The van der Waals surface area contributed by atoms with Gasteiger partial charge in [0.25, 0.3) is 0 Å². The Morgan fingerprint density at radius 1 is 1.30 bits per heavy atom. The molecule has 3 rings (SSSR count). The van der Waals surface area contributed by atoms with Crippen LogP contribution in [0, 0.1) is 17.3 Å². The van der Waals surface area contributed by atoms with Crippen molar-refractivity contribution in [3.8, 4) is 0 Å². The number of nitrogens with zero attached hydrogens (tertiary/aromatic N) is 4. The Balaban J connectivity index is 1.64. The summed E-state index contributed by atoms with van der Waals surface area (Å²) in [5.74, 6) is -1.82. The minimum absolute atomic E-state index is 0.136. The topological polar surface area (TPSA) is 105 Å². The van der Waals surface area contributed by atoms with Crippen LogP contribution in [-0.4, -0.2) is 49.3 Å². The fourth-order valence-corrected chi connectivity index (χ4v) is 2.93. The maximum atomic E-state index is 12.1. The van der Waals surface area contributed by atoms with Crippen LogP contribution in [-0.2, 0) is 16.1 Å². The number of carboxylic acids is 1. The Labute approximate surface area is 114 Å². The van der Waals surface area contributed by atoms with E-state index < -0.39 is 5.97 Å². The molecule has 106 valence electrons. The van der Waals surface area contributed by atoms with Crippen molar-refractivity contribution in [2.45, 2.75) is 20.4 Å². The van der Waals surface area contributed by atoms with Gasteiger partial charge < -0.3 is 5.11 Å². The molecule has 0 aromatic carbocycles. The van der Waals surface area contributed by atoms with Crippen LogP contribution in [0.2, 0.25) is 0 Å². The lowest BCUT2D eigenvalue weighted by atomic mass is 10.1. The zero-order valence-electron chi connectivity index (χ0n) is 11.1. The molecule has 20 heavy (non-hydrogen) atoms. The van der Waals surface area contributed by atoms with Gasteiger partial charge in [0.05, 0.1) is 24.6 Å². The molecule has 2 heterocycles. The molecule has 1 N–H and O–H groups in total. The predicted molar refractivity (Wildman–Crippen MR) is 64.5 cm³/mol. The van der Waals surface area contributed by atoms with E-state index in [9.17, 15) is 14.4 Å². The quantitative estimate of drug-likeness (QED) is 0.752. The van der Waals surface area contributed by atoms with Crippen molar-refractivity contribution in [1.82, 2.24) is 19.9 Å². The van der Waals surface area contributed by atoms with Crippen LogP contribution in [0.4, 0.5) is 0 Å². The number of carboxylic acid groups (broad SMARTS) is 1. The summed E-state index contributed by atoms with van der Waals surface area (Å²) < 4.78 is 1.32. The standard InChI is InChI=1S/C12H14N4O4/c1-12(2)7-8(12)10(18)16(9(7)17)4-3-15-5-6(11(19)20)13-14-15/h5,7-8H,3-4H2,1-2H3,(H,19,20). The second-order valence-electron chi connectivity index (χ2n) is 5.78. The molecule has 8 nitrogen and oxygen atoms in total. The third-order valence-corrected chi connectivity index (χ3v) is 4.20. The maximum absolute atomic E-state index is 12.1. The minimum Gasteiger partial charge on any atom is -0.476 e. The van der Waals surface area contributed by atoms with E-state index >= 15 is 0 Å². The number of carbonyl (C=O) groups is 3. The van der Waals surface area contributed by atoms with Gasteiger partial charge in [0.2, 0.25) is 11.8 Å². The molecule has 1 saturated heterocycles. The lowest BCUT2D eigenvalue weighted by molar-refractivity contribution is -0.143. The highest BCUT2D eigenvalue weighted by molar-refractivity contribution is 6.10. The SMILES string of the molecule is CC1(C)C2C(=O)N(CCn3cc(C(=O)O)nn3)C(=O)C21. The highest BCUT2D eigenvalue weighted by atomic mass is 16.4. The van der Waals surface area contributed by atoms with Gasteiger partial charge in [-0.05, 0) is 5.41 Å². The van der Waals surface area contributed by atoms with Crippen molar-refractivity contribution < 1.29 is 19.5 Å². The van der Waals surface area contributed by atoms with E-state index in [0.29, 0.717) is 0 Å². The van der Waals surface area contributed by atoms with Crippen molar-refractivity contribution in [3.05, 3.63) is 11.9 Å². The molecule has 2 amide bonds.